The van der Waals surface area contributed by atoms with Crippen LogP contribution in [0.4, 0.5) is 8.78 Å². The van der Waals surface area contributed by atoms with Crippen LogP contribution in [0.2, 0.25) is 0 Å². The molecule has 0 spiro atoms. The van der Waals surface area contributed by atoms with Crippen molar-refractivity contribution in [1.29, 1.82) is 0 Å². The lowest BCUT2D eigenvalue weighted by atomic mass is 9.86. The average Bonchev–Trinajstić information content (AvgIpc) is 2.30. The van der Waals surface area contributed by atoms with E-state index in [1.54, 1.807) is 0 Å². The van der Waals surface area contributed by atoms with Gasteiger partial charge in [-0.2, -0.15) is 0 Å². The Morgan fingerprint density at radius 2 is 2.18 bits per heavy atom. The lowest BCUT2D eigenvalue weighted by Crippen LogP contribution is -2.59. The molecule has 1 aliphatic carbocycles. The molecule has 1 aliphatic rings. The van der Waals surface area contributed by atoms with E-state index in [9.17, 15) is 8.78 Å². The maximum Gasteiger partial charge on any atom is 0.165 e. The summed E-state index contributed by atoms with van der Waals surface area (Å²) in [4.78, 5) is 0. The van der Waals surface area contributed by atoms with Crippen molar-refractivity contribution in [2.75, 3.05) is 6.61 Å². The second kappa shape index (κ2) is 4.98. The van der Waals surface area contributed by atoms with Crippen molar-refractivity contribution in [3.63, 3.8) is 0 Å². The van der Waals surface area contributed by atoms with Gasteiger partial charge in [0.1, 0.15) is 18.0 Å². The highest BCUT2D eigenvalue weighted by Crippen LogP contribution is 2.29. The topological polar surface area (TPSA) is 44.5 Å². The van der Waals surface area contributed by atoms with Crippen LogP contribution >= 0.6 is 0 Å². The number of halogens is 2. The van der Waals surface area contributed by atoms with Crippen LogP contribution in [0.5, 0.6) is 5.75 Å². The molecule has 0 heterocycles. The minimum atomic E-state index is -0.581. The SMILES string of the molecule is CCOC1C(N)CC1Oc1cc(F)ccc1F. The molecule has 94 valence electrons. The fraction of sp³-hybridized carbons (Fsp3) is 0.500. The molecular weight excluding hydrogens is 228 g/mol. The van der Waals surface area contributed by atoms with E-state index in [1.165, 1.54) is 0 Å². The molecule has 2 N–H and O–H groups in total. The maximum atomic E-state index is 13.3. The molecular formula is C12H15F2NO2. The van der Waals surface area contributed by atoms with Crippen LogP contribution in [-0.4, -0.2) is 24.9 Å². The molecule has 0 saturated heterocycles. The second-order valence-electron chi connectivity index (χ2n) is 4.05. The molecule has 0 amide bonds. The molecule has 1 fully saturated rings. The van der Waals surface area contributed by atoms with E-state index >= 15 is 0 Å². The number of ether oxygens (including phenoxy) is 2. The van der Waals surface area contributed by atoms with Crippen LogP contribution in [0.15, 0.2) is 18.2 Å². The Bertz CT molecular complexity index is 400. The predicted octanol–water partition coefficient (Wildman–Crippen LogP) is 1.85. The Labute approximate surface area is 98.5 Å². The Kier molecular flexibility index (Phi) is 3.59. The van der Waals surface area contributed by atoms with E-state index < -0.39 is 11.6 Å². The Hall–Kier alpha value is -1.20. The lowest BCUT2D eigenvalue weighted by Gasteiger charge is -2.41. The van der Waals surface area contributed by atoms with Gasteiger partial charge in [-0.25, -0.2) is 8.78 Å². The molecule has 5 heteroatoms. The molecule has 0 bridgehead atoms. The third kappa shape index (κ3) is 2.56. The molecule has 17 heavy (non-hydrogen) atoms. The Balaban J connectivity index is 2.03. The first kappa shape index (κ1) is 12.3. The summed E-state index contributed by atoms with van der Waals surface area (Å²) in [5.41, 5.74) is 5.75. The van der Waals surface area contributed by atoms with Crippen molar-refractivity contribution < 1.29 is 18.3 Å². The third-order valence-corrected chi connectivity index (χ3v) is 2.82. The molecule has 3 nitrogen and oxygen atoms in total. The van der Waals surface area contributed by atoms with Crippen molar-refractivity contribution in [2.24, 2.45) is 5.73 Å². The van der Waals surface area contributed by atoms with Crippen molar-refractivity contribution >= 4 is 0 Å². The van der Waals surface area contributed by atoms with Crippen LogP contribution in [-0.2, 0) is 4.74 Å². The van der Waals surface area contributed by atoms with Gasteiger partial charge in [0.15, 0.2) is 11.6 Å². The molecule has 1 aromatic rings. The second-order valence-corrected chi connectivity index (χ2v) is 4.05. The fourth-order valence-electron chi connectivity index (χ4n) is 1.89. The molecule has 3 unspecified atom stereocenters. The highest BCUT2D eigenvalue weighted by Gasteiger charge is 2.41. The minimum absolute atomic E-state index is 0.0911. The van der Waals surface area contributed by atoms with Gasteiger partial charge in [-0.3, -0.25) is 0 Å². The molecule has 1 saturated carbocycles. The van der Waals surface area contributed by atoms with Crippen molar-refractivity contribution in [3.05, 3.63) is 29.8 Å². The summed E-state index contributed by atoms with van der Waals surface area (Å²) >= 11 is 0. The van der Waals surface area contributed by atoms with Crippen LogP contribution in [0.3, 0.4) is 0 Å². The van der Waals surface area contributed by atoms with Crippen LogP contribution < -0.4 is 10.5 Å². The number of nitrogens with two attached hydrogens (primary N) is 1. The normalized spacial score (nSPS) is 27.6. The van der Waals surface area contributed by atoms with Crippen molar-refractivity contribution in [1.82, 2.24) is 0 Å². The number of benzene rings is 1. The summed E-state index contributed by atoms with van der Waals surface area (Å²) in [7, 11) is 0. The van der Waals surface area contributed by atoms with Crippen molar-refractivity contribution in [2.45, 2.75) is 31.6 Å². The van der Waals surface area contributed by atoms with Gasteiger partial charge in [0.05, 0.1) is 0 Å². The number of hydrogen-bond acceptors (Lipinski definition) is 3. The van der Waals surface area contributed by atoms with E-state index in [4.69, 9.17) is 15.2 Å². The zero-order valence-corrected chi connectivity index (χ0v) is 9.53. The van der Waals surface area contributed by atoms with Crippen molar-refractivity contribution in [3.8, 4) is 5.75 Å². The summed E-state index contributed by atoms with van der Waals surface area (Å²) < 4.78 is 37.0. The van der Waals surface area contributed by atoms with Gasteiger partial charge in [0.2, 0.25) is 0 Å². The van der Waals surface area contributed by atoms with E-state index in [1.807, 2.05) is 6.92 Å². The van der Waals surface area contributed by atoms with E-state index in [2.05, 4.69) is 0 Å². The van der Waals surface area contributed by atoms with Gasteiger partial charge in [0, 0.05) is 25.1 Å². The van der Waals surface area contributed by atoms with Crippen LogP contribution in [0.1, 0.15) is 13.3 Å². The lowest BCUT2D eigenvalue weighted by molar-refractivity contribution is -0.0955. The zero-order valence-electron chi connectivity index (χ0n) is 9.53. The first-order valence-corrected chi connectivity index (χ1v) is 5.60. The highest BCUT2D eigenvalue weighted by atomic mass is 19.1. The summed E-state index contributed by atoms with van der Waals surface area (Å²) in [6.45, 7) is 2.37. The van der Waals surface area contributed by atoms with Crippen LogP contribution in [0, 0.1) is 11.6 Å². The van der Waals surface area contributed by atoms with E-state index in [0.29, 0.717) is 13.0 Å². The number of rotatable bonds is 4. The zero-order chi connectivity index (χ0) is 12.4. The summed E-state index contributed by atoms with van der Waals surface area (Å²) in [6.07, 6.45) is 0.0320. The van der Waals surface area contributed by atoms with Gasteiger partial charge in [-0.05, 0) is 19.1 Å². The first-order chi connectivity index (χ1) is 8.11. The summed E-state index contributed by atoms with van der Waals surface area (Å²) in [5.74, 6) is -1.20. The van der Waals surface area contributed by atoms with Gasteiger partial charge >= 0.3 is 0 Å². The molecule has 0 radical (unpaired) electrons. The quantitative estimate of drug-likeness (QED) is 0.877. The highest BCUT2D eigenvalue weighted by molar-refractivity contribution is 5.25. The van der Waals surface area contributed by atoms with Gasteiger partial charge in [-0.15, -0.1) is 0 Å². The van der Waals surface area contributed by atoms with Crippen LogP contribution in [0.25, 0.3) is 0 Å². The fourth-order valence-corrected chi connectivity index (χ4v) is 1.89. The van der Waals surface area contributed by atoms with Gasteiger partial charge in [0.25, 0.3) is 0 Å². The standard InChI is InChI=1S/C12H15F2NO2/c1-2-16-12-9(15)6-11(12)17-10-5-7(13)3-4-8(10)14/h3-5,9,11-12H,2,6,15H2,1H3. The summed E-state index contributed by atoms with van der Waals surface area (Å²) in [6, 6.07) is 3.02. The smallest absolute Gasteiger partial charge is 0.165 e. The maximum absolute atomic E-state index is 13.3. The molecule has 2 rings (SSSR count). The Morgan fingerprint density at radius 3 is 2.82 bits per heavy atom. The third-order valence-electron chi connectivity index (χ3n) is 2.82. The van der Waals surface area contributed by atoms with E-state index in [0.717, 1.165) is 18.2 Å². The predicted molar refractivity (Wildman–Crippen MR) is 58.8 cm³/mol. The number of hydrogen-bond donors (Lipinski definition) is 1. The molecule has 1 aromatic carbocycles. The molecule has 0 aliphatic heterocycles. The largest absolute Gasteiger partial charge is 0.484 e. The monoisotopic (exact) mass is 243 g/mol. The average molecular weight is 243 g/mol. The minimum Gasteiger partial charge on any atom is -0.484 e. The van der Waals surface area contributed by atoms with Gasteiger partial charge < -0.3 is 15.2 Å². The Morgan fingerprint density at radius 1 is 1.41 bits per heavy atom. The molecule has 0 aromatic heterocycles. The van der Waals surface area contributed by atoms with Gasteiger partial charge in [-0.1, -0.05) is 0 Å². The first-order valence-electron chi connectivity index (χ1n) is 5.60. The van der Waals surface area contributed by atoms with E-state index in [-0.39, 0.29) is 24.0 Å². The molecule has 3 atom stereocenters. The summed E-state index contributed by atoms with van der Waals surface area (Å²) in [5, 5.41) is 0.